The van der Waals surface area contributed by atoms with Crippen LogP contribution >= 0.6 is 0 Å². The third-order valence-corrected chi connectivity index (χ3v) is 6.35. The Hall–Kier alpha value is -0.920. The van der Waals surface area contributed by atoms with Crippen LogP contribution in [0.25, 0.3) is 0 Å². The van der Waals surface area contributed by atoms with Gasteiger partial charge < -0.3 is 5.32 Å². The van der Waals surface area contributed by atoms with Crippen molar-refractivity contribution in [1.29, 1.82) is 0 Å². The van der Waals surface area contributed by atoms with E-state index in [-0.39, 0.29) is 11.1 Å². The van der Waals surface area contributed by atoms with Crippen LogP contribution in [0.3, 0.4) is 0 Å². The number of aromatic amines is 1. The highest BCUT2D eigenvalue weighted by atomic mass is 32.2. The van der Waals surface area contributed by atoms with Crippen molar-refractivity contribution in [2.45, 2.75) is 57.1 Å². The fraction of sp³-hybridized carbons (Fsp3) is 0.786. The predicted molar refractivity (Wildman–Crippen MR) is 80.3 cm³/mol. The van der Waals surface area contributed by atoms with E-state index in [0.717, 1.165) is 30.6 Å². The molecule has 6 nitrogen and oxygen atoms in total. The number of nitrogens with zero attached hydrogens (tertiary/aromatic N) is 1. The molecule has 21 heavy (non-hydrogen) atoms. The largest absolute Gasteiger partial charge is 0.313 e. The minimum Gasteiger partial charge on any atom is -0.313 e. The monoisotopic (exact) mass is 312 g/mol. The van der Waals surface area contributed by atoms with E-state index in [9.17, 15) is 8.42 Å². The van der Waals surface area contributed by atoms with Crippen molar-refractivity contribution in [3.63, 3.8) is 0 Å². The molecule has 3 atom stereocenters. The van der Waals surface area contributed by atoms with E-state index < -0.39 is 10.0 Å². The van der Waals surface area contributed by atoms with Gasteiger partial charge in [0.25, 0.3) is 10.0 Å². The topological polar surface area (TPSA) is 86.9 Å². The minimum atomic E-state index is -3.54. The lowest BCUT2D eigenvalue weighted by molar-refractivity contribution is 0.389. The average Bonchev–Trinajstić information content (AvgIpc) is 3.11. The molecule has 0 amide bonds. The molecule has 0 radical (unpaired) electrons. The first-order chi connectivity index (χ1) is 10.0. The summed E-state index contributed by atoms with van der Waals surface area (Å²) in [5, 5.41) is 10.2. The van der Waals surface area contributed by atoms with E-state index in [1.807, 2.05) is 13.8 Å². The Morgan fingerprint density at radius 3 is 2.76 bits per heavy atom. The number of aryl methyl sites for hydroxylation is 1. The van der Waals surface area contributed by atoms with Gasteiger partial charge in [-0.1, -0.05) is 13.3 Å². The molecule has 118 valence electrons. The van der Waals surface area contributed by atoms with Gasteiger partial charge in [-0.25, -0.2) is 13.1 Å². The lowest BCUT2D eigenvalue weighted by Gasteiger charge is -2.22. The second kappa shape index (κ2) is 5.70. The van der Waals surface area contributed by atoms with Crippen LogP contribution < -0.4 is 10.0 Å². The number of nitrogens with one attached hydrogen (secondary N) is 3. The van der Waals surface area contributed by atoms with Crippen LogP contribution in [0.5, 0.6) is 0 Å². The van der Waals surface area contributed by atoms with E-state index >= 15 is 0 Å². The first kappa shape index (κ1) is 15.0. The van der Waals surface area contributed by atoms with Gasteiger partial charge in [0.2, 0.25) is 0 Å². The number of hydrogen-bond donors (Lipinski definition) is 3. The summed E-state index contributed by atoms with van der Waals surface area (Å²) >= 11 is 0. The van der Waals surface area contributed by atoms with Crippen molar-refractivity contribution in [3.05, 3.63) is 11.3 Å². The summed E-state index contributed by atoms with van der Waals surface area (Å²) in [6.07, 6.45) is 4.57. The smallest absolute Gasteiger partial charge is 0.260 e. The molecule has 3 rings (SSSR count). The van der Waals surface area contributed by atoms with Gasteiger partial charge in [0.05, 0.1) is 0 Å². The fourth-order valence-corrected chi connectivity index (χ4v) is 5.27. The van der Waals surface area contributed by atoms with E-state index in [1.165, 1.54) is 12.8 Å². The molecule has 0 aliphatic heterocycles. The molecule has 3 N–H and O–H groups in total. The van der Waals surface area contributed by atoms with Crippen LogP contribution in [0.15, 0.2) is 5.03 Å². The fourth-order valence-electron chi connectivity index (χ4n) is 3.75. The molecule has 0 aromatic carbocycles. The normalized spacial score (nSPS) is 28.4. The van der Waals surface area contributed by atoms with Gasteiger partial charge >= 0.3 is 0 Å². The maximum Gasteiger partial charge on any atom is 0.260 e. The summed E-state index contributed by atoms with van der Waals surface area (Å²) in [5.74, 6) is 1.23. The highest BCUT2D eigenvalue weighted by molar-refractivity contribution is 7.89. The van der Waals surface area contributed by atoms with E-state index in [1.54, 1.807) is 0 Å². The van der Waals surface area contributed by atoms with Crippen molar-refractivity contribution >= 4 is 10.0 Å². The molecular weight excluding hydrogens is 288 g/mol. The maximum absolute atomic E-state index is 12.6. The molecular formula is C14H24N4O2S. The molecule has 2 bridgehead atoms. The second-order valence-electron chi connectivity index (χ2n) is 6.32. The van der Waals surface area contributed by atoms with Gasteiger partial charge in [0.15, 0.2) is 5.03 Å². The highest BCUT2D eigenvalue weighted by Gasteiger charge is 2.42. The first-order valence-electron chi connectivity index (χ1n) is 7.78. The third kappa shape index (κ3) is 2.86. The predicted octanol–water partition coefficient (Wildman–Crippen LogP) is 1.29. The number of rotatable bonds is 6. The SMILES string of the molecule is CCNCc1c(S(=O)(=O)NC2CC3CCC2C3)n[nH]c1C. The molecule has 3 unspecified atom stereocenters. The summed E-state index contributed by atoms with van der Waals surface area (Å²) in [4.78, 5) is 0. The van der Waals surface area contributed by atoms with Crippen molar-refractivity contribution in [3.8, 4) is 0 Å². The lowest BCUT2D eigenvalue weighted by atomic mass is 9.96. The van der Waals surface area contributed by atoms with E-state index in [0.29, 0.717) is 18.4 Å². The molecule has 1 heterocycles. The Balaban J connectivity index is 1.78. The molecule has 2 fully saturated rings. The van der Waals surface area contributed by atoms with Crippen LogP contribution in [-0.4, -0.2) is 31.2 Å². The number of fused-ring (bicyclic) bond motifs is 2. The third-order valence-electron chi connectivity index (χ3n) is 4.89. The summed E-state index contributed by atoms with van der Waals surface area (Å²) in [6, 6.07) is 0.0951. The number of sulfonamides is 1. The molecule has 1 aromatic rings. The lowest BCUT2D eigenvalue weighted by Crippen LogP contribution is -2.39. The summed E-state index contributed by atoms with van der Waals surface area (Å²) in [7, 11) is -3.54. The Morgan fingerprint density at radius 2 is 2.14 bits per heavy atom. The van der Waals surface area contributed by atoms with Crippen molar-refractivity contribution < 1.29 is 8.42 Å². The van der Waals surface area contributed by atoms with Crippen LogP contribution in [0.1, 0.15) is 43.9 Å². The van der Waals surface area contributed by atoms with E-state index in [4.69, 9.17) is 0 Å². The highest BCUT2D eigenvalue weighted by Crippen LogP contribution is 2.44. The van der Waals surface area contributed by atoms with Gasteiger partial charge in [0, 0.05) is 23.8 Å². The summed E-state index contributed by atoms with van der Waals surface area (Å²) < 4.78 is 28.2. The van der Waals surface area contributed by atoms with Gasteiger partial charge in [-0.2, -0.15) is 5.10 Å². The minimum absolute atomic E-state index is 0.0951. The van der Waals surface area contributed by atoms with Crippen LogP contribution in [-0.2, 0) is 16.6 Å². The molecule has 7 heteroatoms. The number of H-pyrrole nitrogens is 1. The standard InChI is InChI=1S/C14H24N4O2S/c1-3-15-8-12-9(2)16-17-14(12)21(19,20)18-13-7-10-4-5-11(13)6-10/h10-11,13,15,18H,3-8H2,1-2H3,(H,16,17). The Kier molecular flexibility index (Phi) is 4.07. The van der Waals surface area contributed by atoms with Crippen LogP contribution in [0, 0.1) is 18.8 Å². The van der Waals surface area contributed by atoms with Crippen LogP contribution in [0.4, 0.5) is 0 Å². The Morgan fingerprint density at radius 1 is 1.33 bits per heavy atom. The summed E-state index contributed by atoms with van der Waals surface area (Å²) in [6.45, 7) is 5.17. The molecule has 2 saturated carbocycles. The maximum atomic E-state index is 12.6. The van der Waals surface area contributed by atoms with Crippen LogP contribution in [0.2, 0.25) is 0 Å². The van der Waals surface area contributed by atoms with Gasteiger partial charge in [0.1, 0.15) is 0 Å². The second-order valence-corrected chi connectivity index (χ2v) is 7.94. The average molecular weight is 312 g/mol. The van der Waals surface area contributed by atoms with E-state index in [2.05, 4.69) is 20.2 Å². The molecule has 1 aromatic heterocycles. The Labute approximate surface area is 126 Å². The summed E-state index contributed by atoms with van der Waals surface area (Å²) in [5.41, 5.74) is 1.55. The molecule has 2 aliphatic carbocycles. The van der Waals surface area contributed by atoms with Crippen molar-refractivity contribution in [2.24, 2.45) is 11.8 Å². The zero-order valence-electron chi connectivity index (χ0n) is 12.6. The first-order valence-corrected chi connectivity index (χ1v) is 9.26. The zero-order chi connectivity index (χ0) is 15.0. The molecule has 2 aliphatic rings. The molecule has 0 saturated heterocycles. The van der Waals surface area contributed by atoms with Gasteiger partial charge in [-0.15, -0.1) is 0 Å². The zero-order valence-corrected chi connectivity index (χ0v) is 13.5. The van der Waals surface area contributed by atoms with Crippen molar-refractivity contribution in [1.82, 2.24) is 20.2 Å². The van der Waals surface area contributed by atoms with Crippen molar-refractivity contribution in [2.75, 3.05) is 6.54 Å². The Bertz CT molecular complexity index is 610. The number of aromatic nitrogens is 2. The quantitative estimate of drug-likeness (QED) is 0.739. The molecule has 0 spiro atoms. The number of hydrogen-bond acceptors (Lipinski definition) is 4. The van der Waals surface area contributed by atoms with Gasteiger partial charge in [-0.3, -0.25) is 5.10 Å². The van der Waals surface area contributed by atoms with Gasteiger partial charge in [-0.05, 0) is 44.6 Å².